The van der Waals surface area contributed by atoms with Gasteiger partial charge >= 0.3 is 0 Å². The molecule has 98 valence electrons. The Labute approximate surface area is 106 Å². The predicted molar refractivity (Wildman–Crippen MR) is 68.8 cm³/mol. The SMILES string of the molecule is CCc1nc2ccc(OCCOCCN)cc2o1. The molecule has 2 rings (SSSR count). The van der Waals surface area contributed by atoms with Gasteiger partial charge in [0.1, 0.15) is 17.9 Å². The topological polar surface area (TPSA) is 70.5 Å². The lowest BCUT2D eigenvalue weighted by Gasteiger charge is -2.05. The summed E-state index contributed by atoms with van der Waals surface area (Å²) in [6, 6.07) is 5.63. The van der Waals surface area contributed by atoms with Gasteiger partial charge in [0.2, 0.25) is 0 Å². The third-order valence-electron chi connectivity index (χ3n) is 2.47. The zero-order valence-electron chi connectivity index (χ0n) is 10.5. The maximum absolute atomic E-state index is 5.56. The molecule has 2 aromatic rings. The van der Waals surface area contributed by atoms with E-state index < -0.39 is 0 Å². The first kappa shape index (κ1) is 12.9. The summed E-state index contributed by atoms with van der Waals surface area (Å²) >= 11 is 0. The van der Waals surface area contributed by atoms with Crippen molar-refractivity contribution in [3.05, 3.63) is 24.1 Å². The van der Waals surface area contributed by atoms with Crippen molar-refractivity contribution in [1.82, 2.24) is 4.98 Å². The largest absolute Gasteiger partial charge is 0.491 e. The smallest absolute Gasteiger partial charge is 0.195 e. The Morgan fingerprint density at radius 3 is 2.94 bits per heavy atom. The van der Waals surface area contributed by atoms with Crippen LogP contribution in [0.15, 0.2) is 22.6 Å². The fourth-order valence-corrected chi connectivity index (χ4v) is 1.60. The van der Waals surface area contributed by atoms with Gasteiger partial charge < -0.3 is 19.6 Å². The van der Waals surface area contributed by atoms with Gasteiger partial charge in [-0.25, -0.2) is 4.98 Å². The first-order valence-corrected chi connectivity index (χ1v) is 6.13. The minimum absolute atomic E-state index is 0.500. The van der Waals surface area contributed by atoms with Crippen molar-refractivity contribution in [2.75, 3.05) is 26.4 Å². The van der Waals surface area contributed by atoms with Crippen LogP contribution < -0.4 is 10.5 Å². The molecular weight excluding hydrogens is 232 g/mol. The lowest BCUT2D eigenvalue weighted by molar-refractivity contribution is 0.106. The van der Waals surface area contributed by atoms with Gasteiger partial charge in [0, 0.05) is 19.0 Å². The van der Waals surface area contributed by atoms with Crippen molar-refractivity contribution in [2.24, 2.45) is 5.73 Å². The highest BCUT2D eigenvalue weighted by molar-refractivity contribution is 5.74. The maximum Gasteiger partial charge on any atom is 0.195 e. The number of oxazole rings is 1. The van der Waals surface area contributed by atoms with E-state index in [1.807, 2.05) is 25.1 Å². The summed E-state index contributed by atoms with van der Waals surface area (Å²) in [6.07, 6.45) is 0.789. The van der Waals surface area contributed by atoms with Crippen molar-refractivity contribution in [3.8, 4) is 5.75 Å². The van der Waals surface area contributed by atoms with Crippen LogP contribution in [0, 0.1) is 0 Å². The highest BCUT2D eigenvalue weighted by Crippen LogP contribution is 2.21. The molecule has 0 bridgehead atoms. The first-order valence-electron chi connectivity index (χ1n) is 6.13. The Morgan fingerprint density at radius 1 is 1.28 bits per heavy atom. The quantitative estimate of drug-likeness (QED) is 0.758. The molecule has 0 aliphatic heterocycles. The molecule has 0 amide bonds. The summed E-state index contributed by atoms with van der Waals surface area (Å²) in [7, 11) is 0. The molecule has 0 aliphatic carbocycles. The second kappa shape index (κ2) is 6.37. The van der Waals surface area contributed by atoms with Gasteiger partial charge in [0.25, 0.3) is 0 Å². The highest BCUT2D eigenvalue weighted by atomic mass is 16.5. The predicted octanol–water partition coefficient (Wildman–Crippen LogP) is 1.74. The van der Waals surface area contributed by atoms with E-state index in [1.165, 1.54) is 0 Å². The summed E-state index contributed by atoms with van der Waals surface area (Å²) in [6.45, 7) is 4.14. The van der Waals surface area contributed by atoms with Crippen molar-refractivity contribution in [1.29, 1.82) is 0 Å². The van der Waals surface area contributed by atoms with Gasteiger partial charge in [0.05, 0.1) is 13.2 Å². The summed E-state index contributed by atoms with van der Waals surface area (Å²) in [5.41, 5.74) is 6.93. The molecule has 18 heavy (non-hydrogen) atoms. The number of hydrogen-bond donors (Lipinski definition) is 1. The van der Waals surface area contributed by atoms with Crippen molar-refractivity contribution in [2.45, 2.75) is 13.3 Å². The molecule has 0 saturated heterocycles. The number of benzene rings is 1. The Morgan fingerprint density at radius 2 is 2.17 bits per heavy atom. The monoisotopic (exact) mass is 250 g/mol. The Kier molecular flexibility index (Phi) is 4.55. The molecule has 0 atom stereocenters. The lowest BCUT2D eigenvalue weighted by Crippen LogP contribution is -2.13. The average molecular weight is 250 g/mol. The van der Waals surface area contributed by atoms with Crippen LogP contribution in [0.25, 0.3) is 11.1 Å². The number of ether oxygens (including phenoxy) is 2. The zero-order valence-corrected chi connectivity index (χ0v) is 10.5. The third-order valence-corrected chi connectivity index (χ3v) is 2.47. The van der Waals surface area contributed by atoms with E-state index in [4.69, 9.17) is 19.6 Å². The molecule has 1 aromatic carbocycles. The van der Waals surface area contributed by atoms with E-state index in [0.717, 1.165) is 29.2 Å². The van der Waals surface area contributed by atoms with Crippen LogP contribution in [0.4, 0.5) is 0 Å². The van der Waals surface area contributed by atoms with Gasteiger partial charge in [-0.3, -0.25) is 0 Å². The Balaban J connectivity index is 1.93. The third kappa shape index (κ3) is 3.21. The molecule has 0 saturated carbocycles. The minimum Gasteiger partial charge on any atom is -0.491 e. The number of fused-ring (bicyclic) bond motifs is 1. The number of nitrogens with two attached hydrogens (primary N) is 1. The molecule has 1 aromatic heterocycles. The molecule has 0 radical (unpaired) electrons. The van der Waals surface area contributed by atoms with Gasteiger partial charge in [-0.1, -0.05) is 6.92 Å². The van der Waals surface area contributed by atoms with Crippen LogP contribution in [0.5, 0.6) is 5.75 Å². The molecular formula is C13H18N2O3. The van der Waals surface area contributed by atoms with Crippen LogP contribution in [0.2, 0.25) is 0 Å². The average Bonchev–Trinajstić information content (AvgIpc) is 2.80. The number of hydrogen-bond acceptors (Lipinski definition) is 5. The van der Waals surface area contributed by atoms with Crippen LogP contribution in [-0.2, 0) is 11.2 Å². The number of aromatic nitrogens is 1. The summed E-state index contributed by atoms with van der Waals surface area (Å²) in [4.78, 5) is 4.33. The second-order valence-electron chi connectivity index (χ2n) is 3.84. The van der Waals surface area contributed by atoms with Crippen molar-refractivity contribution < 1.29 is 13.9 Å². The Hall–Kier alpha value is -1.59. The van der Waals surface area contributed by atoms with E-state index in [1.54, 1.807) is 0 Å². The van der Waals surface area contributed by atoms with Gasteiger partial charge in [-0.2, -0.15) is 0 Å². The van der Waals surface area contributed by atoms with Crippen molar-refractivity contribution in [3.63, 3.8) is 0 Å². The summed E-state index contributed by atoms with van der Waals surface area (Å²) < 4.78 is 16.3. The highest BCUT2D eigenvalue weighted by Gasteiger charge is 2.05. The summed E-state index contributed by atoms with van der Waals surface area (Å²) in [5, 5.41) is 0. The number of rotatable bonds is 7. The fourth-order valence-electron chi connectivity index (χ4n) is 1.60. The van der Waals surface area contributed by atoms with Crippen LogP contribution in [-0.4, -0.2) is 31.3 Å². The molecule has 5 nitrogen and oxygen atoms in total. The fraction of sp³-hybridized carbons (Fsp3) is 0.462. The van der Waals surface area contributed by atoms with E-state index in [-0.39, 0.29) is 0 Å². The normalized spacial score (nSPS) is 11.0. The molecule has 2 N–H and O–H groups in total. The van der Waals surface area contributed by atoms with E-state index in [0.29, 0.717) is 26.4 Å². The Bertz CT molecular complexity index is 496. The molecule has 0 fully saturated rings. The first-order chi connectivity index (χ1) is 8.83. The second-order valence-corrected chi connectivity index (χ2v) is 3.84. The minimum atomic E-state index is 0.500. The molecule has 0 unspecified atom stereocenters. The lowest BCUT2D eigenvalue weighted by atomic mass is 10.3. The molecule has 1 heterocycles. The molecule has 5 heteroatoms. The maximum atomic E-state index is 5.56. The number of aryl methyl sites for hydroxylation is 1. The zero-order chi connectivity index (χ0) is 12.8. The standard InChI is InChI=1S/C13H18N2O3/c1-2-13-15-11-4-3-10(9-12(11)18-13)17-8-7-16-6-5-14/h3-4,9H,2,5-8,14H2,1H3. The number of nitrogens with zero attached hydrogens (tertiary/aromatic N) is 1. The summed E-state index contributed by atoms with van der Waals surface area (Å²) in [5.74, 6) is 1.51. The molecule has 0 aliphatic rings. The van der Waals surface area contributed by atoms with Crippen LogP contribution >= 0.6 is 0 Å². The van der Waals surface area contributed by atoms with Gasteiger partial charge in [0.15, 0.2) is 11.5 Å². The molecule has 0 spiro atoms. The van der Waals surface area contributed by atoms with Crippen molar-refractivity contribution >= 4 is 11.1 Å². The van der Waals surface area contributed by atoms with E-state index >= 15 is 0 Å². The van der Waals surface area contributed by atoms with E-state index in [9.17, 15) is 0 Å². The van der Waals surface area contributed by atoms with Gasteiger partial charge in [-0.05, 0) is 12.1 Å². The van der Waals surface area contributed by atoms with Gasteiger partial charge in [-0.15, -0.1) is 0 Å². The van der Waals surface area contributed by atoms with Crippen LogP contribution in [0.1, 0.15) is 12.8 Å². The van der Waals surface area contributed by atoms with E-state index in [2.05, 4.69) is 4.98 Å². The van der Waals surface area contributed by atoms with Crippen LogP contribution in [0.3, 0.4) is 0 Å².